The van der Waals surface area contributed by atoms with E-state index in [0.717, 1.165) is 35.4 Å². The van der Waals surface area contributed by atoms with Crippen LogP contribution in [0.25, 0.3) is 11.1 Å². The van der Waals surface area contributed by atoms with Crippen LogP contribution in [-0.2, 0) is 4.79 Å². The Kier molecular flexibility index (Phi) is 4.57. The van der Waals surface area contributed by atoms with Crippen molar-refractivity contribution in [3.05, 3.63) is 65.0 Å². The van der Waals surface area contributed by atoms with Gasteiger partial charge in [0.15, 0.2) is 0 Å². The Bertz CT molecular complexity index is 1160. The van der Waals surface area contributed by atoms with Crippen molar-refractivity contribution >= 4 is 11.6 Å². The van der Waals surface area contributed by atoms with Crippen LogP contribution in [0, 0.1) is 30.9 Å². The maximum absolute atomic E-state index is 14.8. The summed E-state index contributed by atoms with van der Waals surface area (Å²) in [4.78, 5) is 12.8. The third-order valence-electron chi connectivity index (χ3n) is 6.54. The van der Waals surface area contributed by atoms with Gasteiger partial charge in [-0.25, -0.2) is 8.78 Å². The predicted octanol–water partition coefficient (Wildman–Crippen LogP) is 5.26. The number of ether oxygens (including phenoxy) is 1. The zero-order valence-corrected chi connectivity index (χ0v) is 17.4. The third kappa shape index (κ3) is 3.48. The Morgan fingerprint density at radius 2 is 2.03 bits per heavy atom. The van der Waals surface area contributed by atoms with E-state index in [2.05, 4.69) is 15.5 Å². The molecule has 7 heteroatoms. The molecular formula is C24H23F2N3O2. The number of amides is 1. The van der Waals surface area contributed by atoms with Gasteiger partial charge in [-0.2, -0.15) is 5.10 Å². The average Bonchev–Trinajstić information content (AvgIpc) is 3.43. The molecule has 2 aromatic carbocycles. The quantitative estimate of drug-likeness (QED) is 0.602. The van der Waals surface area contributed by atoms with E-state index >= 15 is 0 Å². The van der Waals surface area contributed by atoms with Gasteiger partial charge in [-0.3, -0.25) is 9.89 Å². The van der Waals surface area contributed by atoms with Crippen LogP contribution in [0.15, 0.2) is 36.4 Å². The molecule has 1 aromatic heterocycles. The summed E-state index contributed by atoms with van der Waals surface area (Å²) in [7, 11) is 0. The van der Waals surface area contributed by atoms with E-state index in [-0.39, 0.29) is 29.5 Å². The molecule has 3 aromatic rings. The second-order valence-electron chi connectivity index (χ2n) is 8.64. The molecule has 2 aliphatic rings. The maximum Gasteiger partial charge on any atom is 0.225 e. The molecule has 31 heavy (non-hydrogen) atoms. The number of carbonyl (C=O) groups excluding carboxylic acids is 1. The molecule has 160 valence electrons. The molecule has 1 aliphatic carbocycles. The summed E-state index contributed by atoms with van der Waals surface area (Å²) in [5.74, 6) is -0.506. The van der Waals surface area contributed by atoms with Gasteiger partial charge in [-0.1, -0.05) is 6.07 Å². The van der Waals surface area contributed by atoms with E-state index in [1.165, 1.54) is 18.2 Å². The van der Waals surface area contributed by atoms with E-state index in [1.54, 1.807) is 18.2 Å². The fourth-order valence-corrected chi connectivity index (χ4v) is 4.69. The summed E-state index contributed by atoms with van der Waals surface area (Å²) >= 11 is 0. The molecule has 0 radical (unpaired) electrons. The summed E-state index contributed by atoms with van der Waals surface area (Å²) in [6.45, 7) is 4.16. The van der Waals surface area contributed by atoms with E-state index in [4.69, 9.17) is 4.74 Å². The van der Waals surface area contributed by atoms with Crippen molar-refractivity contribution in [3.8, 4) is 16.9 Å². The fourth-order valence-electron chi connectivity index (χ4n) is 4.69. The summed E-state index contributed by atoms with van der Waals surface area (Å²) in [5, 5.41) is 9.80. The first-order valence-electron chi connectivity index (χ1n) is 10.4. The second-order valence-corrected chi connectivity index (χ2v) is 8.64. The monoisotopic (exact) mass is 423 g/mol. The summed E-state index contributed by atoms with van der Waals surface area (Å²) < 4.78 is 34.2. The Morgan fingerprint density at radius 1 is 1.23 bits per heavy atom. The van der Waals surface area contributed by atoms with Gasteiger partial charge in [0.25, 0.3) is 0 Å². The molecule has 1 saturated carbocycles. The molecule has 1 spiro atoms. The van der Waals surface area contributed by atoms with Gasteiger partial charge in [0.2, 0.25) is 5.91 Å². The normalized spacial score (nSPS) is 18.4. The van der Waals surface area contributed by atoms with Crippen LogP contribution in [-0.4, -0.2) is 22.7 Å². The highest BCUT2D eigenvalue weighted by atomic mass is 19.1. The van der Waals surface area contributed by atoms with Crippen molar-refractivity contribution in [1.82, 2.24) is 10.2 Å². The lowest BCUT2D eigenvalue weighted by Gasteiger charge is -2.33. The topological polar surface area (TPSA) is 67.0 Å². The molecule has 5 nitrogen and oxygen atoms in total. The van der Waals surface area contributed by atoms with Crippen molar-refractivity contribution in [2.45, 2.75) is 39.0 Å². The molecular weight excluding hydrogens is 400 g/mol. The maximum atomic E-state index is 14.8. The summed E-state index contributed by atoms with van der Waals surface area (Å²) in [6, 6.07) is 9.18. The first kappa shape index (κ1) is 19.7. The summed E-state index contributed by atoms with van der Waals surface area (Å²) in [5.41, 5.74) is 3.90. The number of nitrogens with one attached hydrogen (secondary N) is 2. The number of benzene rings is 2. The van der Waals surface area contributed by atoms with Crippen LogP contribution in [0.1, 0.15) is 42.1 Å². The van der Waals surface area contributed by atoms with Gasteiger partial charge in [0.05, 0.1) is 12.3 Å². The molecule has 1 amide bonds. The number of nitrogens with zero attached hydrogens (tertiary/aromatic N) is 1. The first-order valence-corrected chi connectivity index (χ1v) is 10.4. The molecule has 5 rings (SSSR count). The van der Waals surface area contributed by atoms with Gasteiger partial charge in [0, 0.05) is 46.3 Å². The highest BCUT2D eigenvalue weighted by Gasteiger charge is 2.54. The third-order valence-corrected chi connectivity index (χ3v) is 6.54. The smallest absolute Gasteiger partial charge is 0.225 e. The zero-order chi connectivity index (χ0) is 21.8. The molecule has 1 fully saturated rings. The zero-order valence-electron chi connectivity index (χ0n) is 17.4. The number of anilines is 1. The highest BCUT2D eigenvalue weighted by molar-refractivity contribution is 5.92. The molecule has 1 atom stereocenters. The minimum Gasteiger partial charge on any atom is -0.493 e. The van der Waals surface area contributed by atoms with Crippen LogP contribution < -0.4 is 10.1 Å². The summed E-state index contributed by atoms with van der Waals surface area (Å²) in [6.07, 6.45) is 2.20. The minimum atomic E-state index is -0.420. The van der Waals surface area contributed by atoms with Crippen LogP contribution in [0.2, 0.25) is 0 Å². The molecule has 2 heterocycles. The number of halogens is 2. The number of carbonyl (C=O) groups is 1. The van der Waals surface area contributed by atoms with Crippen molar-refractivity contribution in [2.75, 3.05) is 11.9 Å². The van der Waals surface area contributed by atoms with Gasteiger partial charge in [-0.15, -0.1) is 0 Å². The first-order chi connectivity index (χ1) is 14.9. The number of rotatable bonds is 4. The van der Waals surface area contributed by atoms with E-state index in [1.807, 2.05) is 13.8 Å². The van der Waals surface area contributed by atoms with Gasteiger partial charge in [0.1, 0.15) is 17.4 Å². The SMILES string of the molecule is Cc1n[nH]c(C)c1-c1ccc(NC(=O)CC2c3ccc(F)cc3OCC23CC3)cc1F. The number of aromatic nitrogens is 2. The Balaban J connectivity index is 1.35. The largest absolute Gasteiger partial charge is 0.493 e. The number of hydrogen-bond donors (Lipinski definition) is 2. The molecule has 2 N–H and O–H groups in total. The molecule has 1 aliphatic heterocycles. The number of H-pyrrole nitrogens is 1. The van der Waals surface area contributed by atoms with Crippen molar-refractivity contribution in [3.63, 3.8) is 0 Å². The van der Waals surface area contributed by atoms with Crippen LogP contribution in [0.5, 0.6) is 5.75 Å². The Morgan fingerprint density at radius 3 is 2.71 bits per heavy atom. The van der Waals surface area contributed by atoms with Gasteiger partial charge in [-0.05, 0) is 56.5 Å². The lowest BCUT2D eigenvalue weighted by atomic mass is 9.79. The van der Waals surface area contributed by atoms with E-state index in [0.29, 0.717) is 23.6 Å². The van der Waals surface area contributed by atoms with Crippen molar-refractivity contribution < 1.29 is 18.3 Å². The fraction of sp³-hybridized carbons (Fsp3) is 0.333. The molecule has 1 unspecified atom stereocenters. The van der Waals surface area contributed by atoms with Crippen LogP contribution in [0.4, 0.5) is 14.5 Å². The average molecular weight is 423 g/mol. The standard InChI is InChI=1S/C24H23F2N3O2/c1-13-23(14(2)29-28-13)18-6-4-16(10-20(18)26)27-22(30)11-19-17-5-3-15(25)9-21(17)31-12-24(19)7-8-24/h3-6,9-10,19H,7-8,11-12H2,1-2H3,(H,27,30)(H,28,29). The number of aromatic amines is 1. The number of aryl methyl sites for hydroxylation is 2. The van der Waals surface area contributed by atoms with Crippen LogP contribution in [0.3, 0.4) is 0 Å². The molecule has 0 saturated heterocycles. The van der Waals surface area contributed by atoms with Crippen molar-refractivity contribution in [2.24, 2.45) is 5.41 Å². The van der Waals surface area contributed by atoms with E-state index in [9.17, 15) is 13.6 Å². The number of hydrogen-bond acceptors (Lipinski definition) is 3. The molecule has 0 bridgehead atoms. The van der Waals surface area contributed by atoms with E-state index < -0.39 is 5.82 Å². The van der Waals surface area contributed by atoms with Crippen LogP contribution >= 0.6 is 0 Å². The Labute approximate surface area is 178 Å². The minimum absolute atomic E-state index is 0.0443. The number of fused-ring (bicyclic) bond motifs is 1. The predicted molar refractivity (Wildman–Crippen MR) is 113 cm³/mol. The highest BCUT2D eigenvalue weighted by Crippen LogP contribution is 2.61. The lowest BCUT2D eigenvalue weighted by molar-refractivity contribution is -0.117. The Hall–Kier alpha value is -3.22. The van der Waals surface area contributed by atoms with Gasteiger partial charge < -0.3 is 10.1 Å². The second kappa shape index (κ2) is 7.18. The van der Waals surface area contributed by atoms with Gasteiger partial charge >= 0.3 is 0 Å². The lowest BCUT2D eigenvalue weighted by Crippen LogP contribution is -2.30. The van der Waals surface area contributed by atoms with Crippen molar-refractivity contribution in [1.29, 1.82) is 0 Å².